The van der Waals surface area contributed by atoms with E-state index in [0.29, 0.717) is 22.0 Å². The number of primary amides is 1. The molecule has 1 saturated carbocycles. The Morgan fingerprint density at radius 1 is 0.914 bits per heavy atom. The van der Waals surface area contributed by atoms with Gasteiger partial charge in [0.2, 0.25) is 23.5 Å². The van der Waals surface area contributed by atoms with Crippen LogP contribution in [0.5, 0.6) is 0 Å². The topological polar surface area (TPSA) is 179 Å². The standard InChI is InChI=1S/C44H57Cl2N3O9/c1-4-11-31(42(54)37(50)18-19-39(52)48-41(43(47)55)30-14-9-6-10-15-30)21-38(51)36-22-32(57-26-28-16-17-34(45)35(46)20-28)24-49(36)44(56)33(29-12-7-5-8-13-29)23-40(53)58-25-27(2)3/h6,9-10,14-17,20,27,29,31-33,36,41H,4-5,7-8,11-13,18-19,21-26H2,1-3H3,(H2,47,55)(H,48,52)/t31?,32-,33?,36+,41?/m1/s1. The van der Waals surface area contributed by atoms with Gasteiger partial charge in [0.25, 0.3) is 0 Å². The van der Waals surface area contributed by atoms with Gasteiger partial charge in [-0.25, -0.2) is 0 Å². The Kier molecular flexibility index (Phi) is 18.4. The molecule has 1 aliphatic carbocycles. The Labute approximate surface area is 351 Å². The molecule has 0 spiro atoms. The number of halogens is 2. The number of nitrogens with zero attached hydrogens (tertiary/aromatic N) is 1. The van der Waals surface area contributed by atoms with E-state index in [2.05, 4.69) is 5.32 Å². The van der Waals surface area contributed by atoms with Gasteiger partial charge in [0.1, 0.15) is 6.04 Å². The monoisotopic (exact) mass is 841 g/mol. The fraction of sp³-hybridized carbons (Fsp3) is 0.568. The summed E-state index contributed by atoms with van der Waals surface area (Å²) in [5, 5.41) is 3.29. The molecule has 14 heteroatoms. The van der Waals surface area contributed by atoms with E-state index in [0.717, 1.165) is 37.7 Å². The van der Waals surface area contributed by atoms with Crippen molar-refractivity contribution in [2.24, 2.45) is 29.4 Å². The average molecular weight is 843 g/mol. The van der Waals surface area contributed by atoms with Crippen molar-refractivity contribution in [3.63, 3.8) is 0 Å². The first kappa shape index (κ1) is 46.6. The number of Topliss-reactive ketones (excluding diaryl/α,β-unsaturated/α-hetero) is 3. The number of nitrogens with one attached hydrogen (secondary N) is 1. The summed E-state index contributed by atoms with van der Waals surface area (Å²) in [7, 11) is 0. The average Bonchev–Trinajstić information content (AvgIpc) is 3.65. The maximum Gasteiger partial charge on any atom is 0.306 e. The van der Waals surface area contributed by atoms with E-state index in [1.54, 1.807) is 48.5 Å². The van der Waals surface area contributed by atoms with Gasteiger partial charge >= 0.3 is 5.97 Å². The summed E-state index contributed by atoms with van der Waals surface area (Å²) in [4.78, 5) is 95.2. The molecule has 0 aromatic heterocycles. The Morgan fingerprint density at radius 3 is 2.26 bits per heavy atom. The second-order valence-corrected chi connectivity index (χ2v) is 16.8. The Morgan fingerprint density at radius 2 is 1.62 bits per heavy atom. The van der Waals surface area contributed by atoms with Crippen LogP contribution >= 0.6 is 23.2 Å². The minimum Gasteiger partial charge on any atom is -0.465 e. The van der Waals surface area contributed by atoms with Crippen molar-refractivity contribution < 1.29 is 43.0 Å². The first-order chi connectivity index (χ1) is 27.7. The van der Waals surface area contributed by atoms with Gasteiger partial charge in [0.15, 0.2) is 11.6 Å². The molecule has 5 atom stereocenters. The second-order valence-electron chi connectivity index (χ2n) is 16.0. The van der Waals surface area contributed by atoms with Crippen molar-refractivity contribution in [1.82, 2.24) is 10.2 Å². The van der Waals surface area contributed by atoms with Gasteiger partial charge in [0.05, 0.1) is 47.7 Å². The predicted molar refractivity (Wildman–Crippen MR) is 219 cm³/mol. The normalized spacial score (nSPS) is 18.6. The number of ketones is 3. The molecule has 58 heavy (non-hydrogen) atoms. The summed E-state index contributed by atoms with van der Waals surface area (Å²) in [6.45, 7) is 6.17. The molecule has 3 amide bonds. The van der Waals surface area contributed by atoms with E-state index >= 15 is 0 Å². The highest BCUT2D eigenvalue weighted by Gasteiger charge is 2.45. The van der Waals surface area contributed by atoms with Crippen LogP contribution in [0.15, 0.2) is 48.5 Å². The summed E-state index contributed by atoms with van der Waals surface area (Å²) >= 11 is 12.3. The van der Waals surface area contributed by atoms with Crippen molar-refractivity contribution in [2.45, 2.75) is 123 Å². The molecule has 2 aliphatic rings. The van der Waals surface area contributed by atoms with E-state index in [9.17, 15) is 33.6 Å². The second kappa shape index (κ2) is 22.9. The van der Waals surface area contributed by atoms with Crippen LogP contribution in [0.1, 0.15) is 115 Å². The highest BCUT2D eigenvalue weighted by atomic mass is 35.5. The zero-order valence-electron chi connectivity index (χ0n) is 33.7. The van der Waals surface area contributed by atoms with Gasteiger partial charge < -0.3 is 25.4 Å². The highest BCUT2D eigenvalue weighted by molar-refractivity contribution is 6.42. The van der Waals surface area contributed by atoms with Crippen LogP contribution in [0.25, 0.3) is 0 Å². The lowest BCUT2D eigenvalue weighted by Crippen LogP contribution is -2.47. The molecule has 12 nitrogen and oxygen atoms in total. The molecule has 0 radical (unpaired) electrons. The van der Waals surface area contributed by atoms with Crippen LogP contribution < -0.4 is 11.1 Å². The number of carbonyl (C=O) groups excluding carboxylic acids is 7. The molecule has 3 N–H and O–H groups in total. The maximum absolute atomic E-state index is 14.6. The summed E-state index contributed by atoms with van der Waals surface area (Å²) in [6.07, 6.45) is 3.64. The molecule has 1 heterocycles. The zero-order chi connectivity index (χ0) is 42.4. The van der Waals surface area contributed by atoms with E-state index in [1.165, 1.54) is 4.90 Å². The van der Waals surface area contributed by atoms with E-state index in [1.807, 2.05) is 20.8 Å². The van der Waals surface area contributed by atoms with Gasteiger partial charge in [-0.2, -0.15) is 0 Å². The molecule has 0 bridgehead atoms. The van der Waals surface area contributed by atoms with Gasteiger partial charge in [-0.05, 0) is 54.4 Å². The third-order valence-electron chi connectivity index (χ3n) is 10.9. The fourth-order valence-corrected chi connectivity index (χ4v) is 8.16. The number of hydrogen-bond donors (Lipinski definition) is 2. The number of hydrogen-bond acceptors (Lipinski definition) is 9. The van der Waals surface area contributed by atoms with Crippen LogP contribution in [0, 0.1) is 23.7 Å². The molecular weight excluding hydrogens is 785 g/mol. The number of rotatable bonds is 22. The summed E-state index contributed by atoms with van der Waals surface area (Å²) in [6, 6.07) is 11.5. The fourth-order valence-electron chi connectivity index (χ4n) is 7.84. The molecule has 1 saturated heterocycles. The van der Waals surface area contributed by atoms with Gasteiger partial charge in [-0.15, -0.1) is 0 Å². The maximum atomic E-state index is 14.6. The minimum atomic E-state index is -1.11. The first-order valence-corrected chi connectivity index (χ1v) is 21.2. The van der Waals surface area contributed by atoms with Crippen LogP contribution in [-0.4, -0.2) is 71.2 Å². The van der Waals surface area contributed by atoms with Crippen molar-refractivity contribution in [2.75, 3.05) is 13.2 Å². The minimum absolute atomic E-state index is 0.0602. The molecule has 4 rings (SSSR count). The predicted octanol–water partition coefficient (Wildman–Crippen LogP) is 6.90. The van der Waals surface area contributed by atoms with Gasteiger partial charge in [0, 0.05) is 38.1 Å². The number of esters is 1. The number of ether oxygens (including phenoxy) is 2. The van der Waals surface area contributed by atoms with Crippen molar-refractivity contribution in [1.29, 1.82) is 0 Å². The zero-order valence-corrected chi connectivity index (χ0v) is 35.2. The number of benzene rings is 2. The SMILES string of the molecule is CCCC(CC(=O)[C@@H]1C[C@@H](OCc2ccc(Cl)c(Cl)c2)CN1C(=O)C(CC(=O)OCC(C)C)C1CCCCC1)C(=O)C(=O)CCC(=O)NC(C(N)=O)c1ccccc1. The lowest BCUT2D eigenvalue weighted by molar-refractivity contribution is -0.152. The third-order valence-corrected chi connectivity index (χ3v) is 11.7. The molecule has 1 aliphatic heterocycles. The quantitative estimate of drug-likeness (QED) is 0.0942. The van der Waals surface area contributed by atoms with Crippen LogP contribution in [-0.2, 0) is 49.6 Å². The molecule has 316 valence electrons. The third kappa shape index (κ3) is 13.7. The number of carbonyl (C=O) groups is 7. The molecule has 3 unspecified atom stereocenters. The summed E-state index contributed by atoms with van der Waals surface area (Å²) < 4.78 is 11.8. The van der Waals surface area contributed by atoms with E-state index in [4.69, 9.17) is 38.4 Å². The highest BCUT2D eigenvalue weighted by Crippen LogP contribution is 2.36. The number of nitrogens with two attached hydrogens (primary N) is 1. The first-order valence-electron chi connectivity index (χ1n) is 20.4. The van der Waals surface area contributed by atoms with Crippen molar-refractivity contribution >= 4 is 64.2 Å². The van der Waals surface area contributed by atoms with Crippen molar-refractivity contribution in [3.8, 4) is 0 Å². The van der Waals surface area contributed by atoms with Crippen LogP contribution in [0.2, 0.25) is 10.0 Å². The molecular formula is C44H57Cl2N3O9. The summed E-state index contributed by atoms with van der Waals surface area (Å²) in [5.74, 6) is -5.76. The van der Waals surface area contributed by atoms with Crippen molar-refractivity contribution in [3.05, 3.63) is 69.7 Å². The van der Waals surface area contributed by atoms with E-state index in [-0.39, 0.29) is 75.4 Å². The number of amides is 3. The smallest absolute Gasteiger partial charge is 0.306 e. The largest absolute Gasteiger partial charge is 0.465 e. The van der Waals surface area contributed by atoms with Crippen LogP contribution in [0.3, 0.4) is 0 Å². The summed E-state index contributed by atoms with van der Waals surface area (Å²) in [5.41, 5.74) is 6.74. The Hall–Kier alpha value is -4.13. The van der Waals surface area contributed by atoms with Crippen LogP contribution in [0.4, 0.5) is 0 Å². The lowest BCUT2D eigenvalue weighted by Gasteiger charge is -2.34. The van der Waals surface area contributed by atoms with Gasteiger partial charge in [-0.1, -0.05) is 106 Å². The Balaban J connectivity index is 1.50. The molecule has 2 fully saturated rings. The van der Waals surface area contributed by atoms with E-state index < -0.39 is 65.8 Å². The lowest BCUT2D eigenvalue weighted by atomic mass is 9.77. The Bertz CT molecular complexity index is 1770. The van der Waals surface area contributed by atoms with Gasteiger partial charge in [-0.3, -0.25) is 33.6 Å². The molecule has 2 aromatic carbocycles. The molecule has 2 aromatic rings. The number of likely N-dealkylation sites (tertiary alicyclic amines) is 1.